The van der Waals surface area contributed by atoms with Crippen molar-refractivity contribution in [3.05, 3.63) is 72.5 Å². The Kier molecular flexibility index (Phi) is 14.5. The molecule has 0 aromatic heterocycles. The lowest BCUT2D eigenvalue weighted by Gasteiger charge is -2.39. The maximum Gasteiger partial charge on any atom is 0.415 e. The summed E-state index contributed by atoms with van der Waals surface area (Å²) in [6.45, 7) is 12.6. The highest BCUT2D eigenvalue weighted by atomic mass is 32.2. The quantitative estimate of drug-likeness (QED) is 0.0996. The number of para-hydroxylation sites is 1. The van der Waals surface area contributed by atoms with Crippen LogP contribution >= 0.6 is 11.8 Å². The average Bonchev–Trinajstić information content (AvgIpc) is 3.32. The number of anilines is 2. The monoisotopic (exact) mass is 705 g/mol. The number of benzene rings is 2. The third kappa shape index (κ3) is 10.5. The first-order chi connectivity index (χ1) is 24.0. The van der Waals surface area contributed by atoms with E-state index >= 15 is 0 Å². The van der Waals surface area contributed by atoms with E-state index in [4.69, 9.17) is 14.9 Å². The Bertz CT molecular complexity index is 1530. The predicted molar refractivity (Wildman–Crippen MR) is 196 cm³/mol. The van der Waals surface area contributed by atoms with Crippen LogP contribution in [0.25, 0.3) is 0 Å². The fourth-order valence-corrected chi connectivity index (χ4v) is 7.76. The van der Waals surface area contributed by atoms with Crippen LogP contribution in [0.15, 0.2) is 76.7 Å². The molecule has 1 spiro atoms. The van der Waals surface area contributed by atoms with Gasteiger partial charge in [0.25, 0.3) is 0 Å². The fourth-order valence-electron chi connectivity index (χ4n) is 6.68. The summed E-state index contributed by atoms with van der Waals surface area (Å²) in [7, 11) is 0. The van der Waals surface area contributed by atoms with Gasteiger partial charge in [0.15, 0.2) is 11.4 Å². The van der Waals surface area contributed by atoms with Crippen molar-refractivity contribution in [3.63, 3.8) is 0 Å². The Morgan fingerprint density at radius 1 is 0.820 bits per heavy atom. The highest BCUT2D eigenvalue weighted by Gasteiger charge is 2.50. The number of carbonyl (C=O) groups excluding carboxylic acids is 2. The van der Waals surface area contributed by atoms with Crippen molar-refractivity contribution in [2.24, 2.45) is 0 Å². The van der Waals surface area contributed by atoms with Crippen molar-refractivity contribution >= 4 is 47.0 Å². The van der Waals surface area contributed by atoms with E-state index in [9.17, 15) is 19.2 Å². The van der Waals surface area contributed by atoms with E-state index in [0.29, 0.717) is 12.2 Å². The van der Waals surface area contributed by atoms with Crippen LogP contribution in [0.2, 0.25) is 0 Å². The minimum Gasteiger partial charge on any atom is -0.478 e. The van der Waals surface area contributed by atoms with Gasteiger partial charge in [0.05, 0.1) is 17.1 Å². The number of likely N-dealkylation sites (tertiary alicyclic amines) is 1. The highest BCUT2D eigenvalue weighted by molar-refractivity contribution is 7.99. The molecule has 3 heterocycles. The van der Waals surface area contributed by atoms with E-state index in [0.717, 1.165) is 81.8 Å². The summed E-state index contributed by atoms with van der Waals surface area (Å²) in [4.78, 5) is 53.1. The molecule has 0 aliphatic carbocycles. The number of unbranched alkanes of at least 4 members (excludes halogenated alkanes) is 7. The molecule has 50 heavy (non-hydrogen) atoms. The largest absolute Gasteiger partial charge is 0.478 e. The molecule has 0 saturated carbocycles. The Morgan fingerprint density at radius 3 is 2.06 bits per heavy atom. The van der Waals surface area contributed by atoms with E-state index in [-0.39, 0.29) is 11.9 Å². The molecule has 3 aliphatic rings. The number of carboxylic acids is 2. The molecule has 0 unspecified atom stereocenters. The second-order valence-electron chi connectivity index (χ2n) is 13.1. The molecule has 0 radical (unpaired) electrons. The zero-order chi connectivity index (χ0) is 36.1. The number of ketones is 1. The molecule has 2 aromatic rings. The lowest BCUT2D eigenvalue weighted by molar-refractivity contribution is -0.134. The van der Waals surface area contributed by atoms with Crippen LogP contribution in [0.5, 0.6) is 0 Å². The molecule has 2 fully saturated rings. The van der Waals surface area contributed by atoms with E-state index in [1.807, 2.05) is 17.0 Å². The van der Waals surface area contributed by atoms with Crippen LogP contribution in [0, 0.1) is 0 Å². The van der Waals surface area contributed by atoms with Crippen LogP contribution in [0.1, 0.15) is 94.8 Å². The Morgan fingerprint density at radius 2 is 1.42 bits per heavy atom. The molecule has 1 amide bonds. The van der Waals surface area contributed by atoms with Gasteiger partial charge >= 0.3 is 18.0 Å². The van der Waals surface area contributed by atoms with Gasteiger partial charge in [0.1, 0.15) is 0 Å². The van der Waals surface area contributed by atoms with Crippen LogP contribution in [0.4, 0.5) is 16.2 Å². The summed E-state index contributed by atoms with van der Waals surface area (Å²) in [5.41, 5.74) is 3.42. The molecule has 3 aliphatic heterocycles. The van der Waals surface area contributed by atoms with E-state index < -0.39 is 17.5 Å². The molecule has 10 nitrogen and oxygen atoms in total. The number of hydrogen-bond donors (Lipinski definition) is 2. The van der Waals surface area contributed by atoms with Crippen molar-refractivity contribution in [2.45, 2.75) is 99.9 Å². The topological polar surface area (TPSA) is 128 Å². The van der Waals surface area contributed by atoms with Gasteiger partial charge in [-0.25, -0.2) is 14.4 Å². The Hall–Kier alpha value is -4.09. The second-order valence-corrected chi connectivity index (χ2v) is 14.2. The number of Topliss-reactive ketones (excluding diaryl/α,β-unsaturated/α-hetero) is 1. The first-order valence-corrected chi connectivity index (χ1v) is 18.6. The summed E-state index contributed by atoms with van der Waals surface area (Å²) in [5, 5.41) is 15.6. The predicted octanol–water partition coefficient (Wildman–Crippen LogP) is 8.54. The SMILES string of the molecule is C=C1N(CCCCCCCCCC)C(=O)OC12CCN(CCCN1c3ccccc3Sc3ccc(C(C)=O)cc31)CC2.O=C(O)C=CC(=O)O. The summed E-state index contributed by atoms with van der Waals surface area (Å²) >= 11 is 1.77. The van der Waals surface area contributed by atoms with Gasteiger partial charge in [-0.2, -0.15) is 0 Å². The number of carbonyl (C=O) groups is 4. The van der Waals surface area contributed by atoms with Crippen LogP contribution in [-0.4, -0.2) is 82.2 Å². The molecule has 5 rings (SSSR count). The van der Waals surface area contributed by atoms with Crippen molar-refractivity contribution in [1.29, 1.82) is 0 Å². The summed E-state index contributed by atoms with van der Waals surface area (Å²) in [6.07, 6.45) is 13.5. The molecular weight excluding hydrogens is 655 g/mol. The second kappa shape index (κ2) is 18.8. The molecule has 11 heteroatoms. The van der Waals surface area contributed by atoms with E-state index in [1.165, 1.54) is 54.0 Å². The Labute approximate surface area is 300 Å². The number of rotatable bonds is 16. The molecule has 2 N–H and O–H groups in total. The fraction of sp³-hybridized carbons (Fsp3) is 0.487. The van der Waals surface area contributed by atoms with Gasteiger partial charge < -0.3 is 24.7 Å². The van der Waals surface area contributed by atoms with Gasteiger partial charge in [0, 0.05) is 66.5 Å². The highest BCUT2D eigenvalue weighted by Crippen LogP contribution is 2.48. The normalized spacial score (nSPS) is 16.5. The molecule has 0 atom stereocenters. The van der Waals surface area contributed by atoms with Crippen molar-refractivity contribution in [2.75, 3.05) is 37.6 Å². The third-order valence-corrected chi connectivity index (χ3v) is 10.6. The minimum atomic E-state index is -1.26. The number of aliphatic carboxylic acids is 2. The van der Waals surface area contributed by atoms with Gasteiger partial charge in [-0.1, -0.05) is 88.4 Å². The number of piperidine rings is 1. The number of amides is 1. The number of carboxylic acid groups (broad SMARTS) is 2. The number of nitrogens with zero attached hydrogens (tertiary/aromatic N) is 3. The van der Waals surface area contributed by atoms with Crippen LogP contribution < -0.4 is 4.90 Å². The molecule has 0 bridgehead atoms. The average molecular weight is 706 g/mol. The van der Waals surface area contributed by atoms with Gasteiger partial charge in [-0.05, 0) is 50.6 Å². The molecular formula is C39H51N3O7S. The van der Waals surface area contributed by atoms with E-state index in [1.54, 1.807) is 18.7 Å². The zero-order valence-corrected chi connectivity index (χ0v) is 30.2. The van der Waals surface area contributed by atoms with Crippen molar-refractivity contribution in [1.82, 2.24) is 9.80 Å². The molecule has 270 valence electrons. The smallest absolute Gasteiger partial charge is 0.415 e. The molecule has 2 saturated heterocycles. The number of hydrogen-bond acceptors (Lipinski definition) is 8. The van der Waals surface area contributed by atoms with Gasteiger partial charge in [0.2, 0.25) is 0 Å². The number of ether oxygens (including phenoxy) is 1. The maximum atomic E-state index is 12.8. The van der Waals surface area contributed by atoms with Crippen molar-refractivity contribution in [3.8, 4) is 0 Å². The van der Waals surface area contributed by atoms with Gasteiger partial charge in [-0.3, -0.25) is 9.69 Å². The third-order valence-electron chi connectivity index (χ3n) is 9.51. The van der Waals surface area contributed by atoms with Crippen LogP contribution in [-0.2, 0) is 14.3 Å². The zero-order valence-electron chi connectivity index (χ0n) is 29.4. The Balaban J connectivity index is 0.000000627. The first-order valence-electron chi connectivity index (χ1n) is 17.8. The maximum absolute atomic E-state index is 12.8. The lowest BCUT2D eigenvalue weighted by Crippen LogP contribution is -2.46. The number of fused-ring (bicyclic) bond motifs is 2. The lowest BCUT2D eigenvalue weighted by atomic mass is 9.88. The van der Waals surface area contributed by atoms with Gasteiger partial charge in [-0.15, -0.1) is 0 Å². The first kappa shape index (κ1) is 38.7. The molecule has 2 aromatic carbocycles. The van der Waals surface area contributed by atoms with E-state index in [2.05, 4.69) is 53.6 Å². The van der Waals surface area contributed by atoms with Crippen molar-refractivity contribution < 1.29 is 34.1 Å². The minimum absolute atomic E-state index is 0.0921. The standard InChI is InChI=1S/C35H47N3O3S.C4H4O4/c1-4-5-6-7-8-9-10-13-22-37-28(3)35(41-34(37)40)19-24-36(25-20-35)21-14-23-38-30-15-11-12-16-32(30)42-33-18-17-29(27(2)39)26-31(33)38;5-3(6)1-2-4(7)8/h11-12,15-18,26H,3-10,13-14,19-25H2,1-2H3;1-2H,(H,5,6)(H,7,8). The van der Waals surface area contributed by atoms with Crippen LogP contribution in [0.3, 0.4) is 0 Å². The summed E-state index contributed by atoms with van der Waals surface area (Å²) in [6, 6.07) is 14.6. The summed E-state index contributed by atoms with van der Waals surface area (Å²) < 4.78 is 6.02. The summed E-state index contributed by atoms with van der Waals surface area (Å²) in [5.74, 6) is -2.42.